The number of aliphatic hydroxyl groups excluding tert-OH is 2. The van der Waals surface area contributed by atoms with Crippen LogP contribution in [0.4, 0.5) is 5.82 Å². The van der Waals surface area contributed by atoms with E-state index in [4.69, 9.17) is 23.8 Å². The lowest BCUT2D eigenvalue weighted by atomic mass is 10.0. The maximum absolute atomic E-state index is 13.8. The molecule has 4 aliphatic carbocycles. The Balaban J connectivity index is 1.09. The van der Waals surface area contributed by atoms with E-state index in [9.17, 15) is 29.0 Å². The summed E-state index contributed by atoms with van der Waals surface area (Å²) in [5.74, 6) is -0.362. The average molecular weight is 710 g/mol. The fourth-order valence-electron chi connectivity index (χ4n) is 8.39. The number of fused-ring (bicyclic) bond motifs is 3. The van der Waals surface area contributed by atoms with E-state index < -0.39 is 86.0 Å². The first kappa shape index (κ1) is 30.3. The van der Waals surface area contributed by atoms with Crippen LogP contribution in [0.5, 0.6) is 0 Å². The van der Waals surface area contributed by atoms with Gasteiger partial charge in [0.1, 0.15) is 36.0 Å². The summed E-state index contributed by atoms with van der Waals surface area (Å²) in [7, 11) is -4.91. The number of nitrogens with two attached hydrogens (primary N) is 1. The molecule has 5 aliphatic rings. The number of phosphoric ester groups is 1. The zero-order valence-corrected chi connectivity index (χ0v) is 27.1. The Morgan fingerprint density at radius 3 is 2.45 bits per heavy atom. The summed E-state index contributed by atoms with van der Waals surface area (Å²) >= 11 is 4.25. The van der Waals surface area contributed by atoms with Crippen LogP contribution in [-0.4, -0.2) is 91.8 Å². The molecule has 12 atom stereocenters. The molecular formula is C25H29N9O10P2S. The lowest BCUT2D eigenvalue weighted by Crippen LogP contribution is -2.38. The number of H-pyrrole nitrogens is 1. The lowest BCUT2D eigenvalue weighted by molar-refractivity contribution is -0.0321. The summed E-state index contributed by atoms with van der Waals surface area (Å²) in [4.78, 5) is 47.4. The van der Waals surface area contributed by atoms with E-state index in [0.717, 1.165) is 0 Å². The predicted molar refractivity (Wildman–Crippen MR) is 162 cm³/mol. The van der Waals surface area contributed by atoms with Crippen LogP contribution in [0, 0.1) is 29.6 Å². The van der Waals surface area contributed by atoms with Crippen LogP contribution < -0.4 is 11.3 Å². The van der Waals surface area contributed by atoms with Crippen molar-refractivity contribution >= 4 is 55.0 Å². The van der Waals surface area contributed by atoms with Gasteiger partial charge in [0.25, 0.3) is 5.56 Å². The van der Waals surface area contributed by atoms with Gasteiger partial charge < -0.3 is 39.5 Å². The number of hydrogen-bond acceptors (Lipinski definition) is 15. The summed E-state index contributed by atoms with van der Waals surface area (Å²) in [5, 5.41) is 23.2. The van der Waals surface area contributed by atoms with Gasteiger partial charge in [-0.1, -0.05) is 12.2 Å². The van der Waals surface area contributed by atoms with E-state index in [0.29, 0.717) is 29.8 Å². The molecule has 47 heavy (non-hydrogen) atoms. The van der Waals surface area contributed by atoms with Crippen molar-refractivity contribution in [2.75, 3.05) is 18.9 Å². The second-order valence-electron chi connectivity index (χ2n) is 13.1. The van der Waals surface area contributed by atoms with Gasteiger partial charge in [0.2, 0.25) is 0 Å². The number of anilines is 1. The van der Waals surface area contributed by atoms with Crippen LogP contribution in [0.1, 0.15) is 30.7 Å². The normalized spacial score (nSPS) is 44.3. The highest BCUT2D eigenvalue weighted by Gasteiger charge is 2.76. The number of rotatable bonds is 2. The molecule has 6 N–H and O–H groups in total. The quantitative estimate of drug-likeness (QED) is 0.123. The number of phosphoric acid groups is 1. The second kappa shape index (κ2) is 9.68. The number of thiol groups is 1. The number of hydrogen-bond donors (Lipinski definition) is 6. The molecule has 4 aromatic heterocycles. The maximum atomic E-state index is 13.8. The Kier molecular flexibility index (Phi) is 6.24. The molecule has 2 bridgehead atoms. The molecule has 1 aliphatic heterocycles. The third-order valence-corrected chi connectivity index (χ3v) is 13.3. The van der Waals surface area contributed by atoms with Crippen LogP contribution in [0.3, 0.4) is 0 Å². The summed E-state index contributed by atoms with van der Waals surface area (Å²) in [5.41, 5.74) is 4.25. The molecule has 250 valence electrons. The van der Waals surface area contributed by atoms with Crippen molar-refractivity contribution in [1.82, 2.24) is 39.0 Å². The van der Waals surface area contributed by atoms with Crippen molar-refractivity contribution in [2.45, 2.75) is 56.3 Å². The number of nitrogens with one attached hydrogen (secondary N) is 1. The minimum Gasteiger partial charge on any atom is -0.390 e. The van der Waals surface area contributed by atoms with E-state index >= 15 is 0 Å². The van der Waals surface area contributed by atoms with Gasteiger partial charge in [-0.3, -0.25) is 18.4 Å². The highest BCUT2D eigenvalue weighted by Crippen LogP contribution is 2.75. The summed E-state index contributed by atoms with van der Waals surface area (Å²) in [6, 6.07) is -1.54. The molecule has 5 fully saturated rings. The molecule has 0 aromatic carbocycles. The molecule has 1 saturated heterocycles. The molecule has 5 heterocycles. The highest BCUT2D eigenvalue weighted by atomic mass is 32.7. The van der Waals surface area contributed by atoms with Crippen LogP contribution in [0.15, 0.2) is 23.8 Å². The molecule has 0 radical (unpaired) electrons. The Morgan fingerprint density at radius 1 is 0.979 bits per heavy atom. The summed E-state index contributed by atoms with van der Waals surface area (Å²) in [6.07, 6.45) is -0.451. The number of aliphatic hydroxyl groups is 2. The third-order valence-electron chi connectivity index (χ3n) is 10.7. The molecular weight excluding hydrogens is 680 g/mol. The van der Waals surface area contributed by atoms with Crippen LogP contribution in [0.2, 0.25) is 0 Å². The number of nitrogen functional groups attached to an aromatic ring is 1. The molecule has 0 amide bonds. The molecule has 9 rings (SSSR count). The minimum atomic E-state index is -4.91. The molecule has 4 aromatic rings. The lowest BCUT2D eigenvalue weighted by Gasteiger charge is -2.30. The van der Waals surface area contributed by atoms with Crippen molar-refractivity contribution < 1.29 is 42.3 Å². The number of aromatic amines is 1. The Labute approximate surface area is 269 Å². The van der Waals surface area contributed by atoms with Gasteiger partial charge in [-0.2, -0.15) is 0 Å². The fourth-order valence-corrected chi connectivity index (χ4v) is 11.0. The first-order valence-electron chi connectivity index (χ1n) is 14.8. The number of aromatic nitrogens is 8. The Hall–Kier alpha value is -2.77. The van der Waals surface area contributed by atoms with Crippen LogP contribution >= 0.6 is 26.9 Å². The third kappa shape index (κ3) is 4.27. The maximum Gasteiger partial charge on any atom is 0.472 e. The smallest absolute Gasteiger partial charge is 0.390 e. The molecule has 2 spiro atoms. The SMILES string of the molecule is Cc1nc2c(ncn2[C@H]2[C@@H]3OP(=O)(O)OCC45C[C@@H]4[C@@H](n4cnc6c(N)ncnc64)[C@H](O)[C@@H]5O[P@](=O)(S)OCC4(C[C@H]24)[C@H]3O)c(=O)[nH]1. The van der Waals surface area contributed by atoms with Gasteiger partial charge in [-0.25, -0.2) is 34.0 Å². The van der Waals surface area contributed by atoms with Gasteiger partial charge in [0.05, 0.1) is 44.1 Å². The van der Waals surface area contributed by atoms with Crippen LogP contribution in [0.25, 0.3) is 22.3 Å². The minimum absolute atomic E-state index is 0.0448. The van der Waals surface area contributed by atoms with Crippen molar-refractivity contribution in [3.8, 4) is 0 Å². The van der Waals surface area contributed by atoms with Crippen molar-refractivity contribution in [2.24, 2.45) is 22.7 Å². The van der Waals surface area contributed by atoms with E-state index in [1.807, 2.05) is 0 Å². The monoisotopic (exact) mass is 709 g/mol. The van der Waals surface area contributed by atoms with Crippen molar-refractivity contribution in [3.05, 3.63) is 35.2 Å². The van der Waals surface area contributed by atoms with Gasteiger partial charge in [0.15, 0.2) is 22.6 Å². The molecule has 4 saturated carbocycles. The van der Waals surface area contributed by atoms with Gasteiger partial charge in [0, 0.05) is 10.8 Å². The number of imidazole rings is 2. The van der Waals surface area contributed by atoms with Crippen molar-refractivity contribution in [1.29, 1.82) is 0 Å². The zero-order valence-electron chi connectivity index (χ0n) is 24.4. The Bertz CT molecular complexity index is 2150. The molecule has 22 heteroatoms. The standard InChI is InChI=1S/C25H29N9O10P2S/c1-9-31-22-13(23(37)32-9)30-8-34(22)15-11-2-24(11)4-42-46(40,47)44-19-16(35)14(33-7-29-12-20(26)27-6-28-21(12)33)10-3-25(10,19)5-41-45(38,39)43-17(15)18(24)36/h6-8,10-11,14-19,35-36H,2-5H2,1H3,(H,38,39)(H,40,47)(H2,26,27,28)(H,31,32,37)/t10-,11-,14-,15-,16+,17+,18+,19+,24?,25?,46-/m1/s1. The van der Waals surface area contributed by atoms with Crippen LogP contribution in [-0.2, 0) is 27.2 Å². The molecule has 19 nitrogen and oxygen atoms in total. The first-order chi connectivity index (χ1) is 22.3. The average Bonchev–Trinajstić information content (AvgIpc) is 3.71. The van der Waals surface area contributed by atoms with E-state index in [1.165, 1.54) is 19.0 Å². The zero-order chi connectivity index (χ0) is 32.8. The topological polar surface area (TPSA) is 265 Å². The fraction of sp³-hybridized carbons (Fsp3) is 0.600. The largest absolute Gasteiger partial charge is 0.472 e. The number of aryl methyl sites for hydroxylation is 1. The van der Waals surface area contributed by atoms with E-state index in [-0.39, 0.29) is 23.6 Å². The predicted octanol–water partition coefficient (Wildman–Crippen LogP) is 0.649. The summed E-state index contributed by atoms with van der Waals surface area (Å²) < 4.78 is 53.7. The van der Waals surface area contributed by atoms with Gasteiger partial charge in [-0.15, -0.1) is 0 Å². The summed E-state index contributed by atoms with van der Waals surface area (Å²) in [6.45, 7) is -3.37. The van der Waals surface area contributed by atoms with Gasteiger partial charge in [-0.05, 0) is 31.6 Å². The van der Waals surface area contributed by atoms with Gasteiger partial charge >= 0.3 is 14.6 Å². The highest BCUT2D eigenvalue weighted by molar-refractivity contribution is 8.44. The number of nitrogens with zero attached hydrogens (tertiary/aromatic N) is 7. The van der Waals surface area contributed by atoms with E-state index in [2.05, 4.69) is 42.2 Å². The molecule has 3 unspecified atom stereocenters. The Morgan fingerprint density at radius 2 is 1.66 bits per heavy atom. The van der Waals surface area contributed by atoms with Crippen molar-refractivity contribution in [3.63, 3.8) is 0 Å². The van der Waals surface area contributed by atoms with E-state index in [1.54, 1.807) is 16.1 Å². The second-order valence-corrected chi connectivity index (χ2v) is 17.4. The first-order valence-corrected chi connectivity index (χ1v) is 19.0.